The minimum Gasteiger partial charge on any atom is -0.508 e. The molecule has 3 nitrogen and oxygen atoms in total. The van der Waals surface area contributed by atoms with E-state index in [1.54, 1.807) is 6.07 Å². The van der Waals surface area contributed by atoms with Gasteiger partial charge in [-0.1, -0.05) is 17.7 Å². The SMILES string of the molecule is O=C(Nc1cccc(F)c1)c1cc(O)ccc1Cl. The lowest BCUT2D eigenvalue weighted by atomic mass is 10.2. The normalized spacial score (nSPS) is 10.1. The van der Waals surface area contributed by atoms with Crippen molar-refractivity contribution in [1.29, 1.82) is 0 Å². The van der Waals surface area contributed by atoms with Gasteiger partial charge in [0.25, 0.3) is 5.91 Å². The summed E-state index contributed by atoms with van der Waals surface area (Å²) in [4.78, 5) is 11.9. The molecule has 18 heavy (non-hydrogen) atoms. The van der Waals surface area contributed by atoms with Gasteiger partial charge in [-0.15, -0.1) is 0 Å². The van der Waals surface area contributed by atoms with Gasteiger partial charge in [0.2, 0.25) is 0 Å². The molecule has 92 valence electrons. The van der Waals surface area contributed by atoms with Crippen molar-refractivity contribution in [1.82, 2.24) is 0 Å². The molecule has 5 heteroatoms. The number of hydrogen-bond donors (Lipinski definition) is 2. The molecule has 0 aliphatic rings. The van der Waals surface area contributed by atoms with Crippen LogP contribution in [0.5, 0.6) is 5.75 Å². The summed E-state index contributed by atoms with van der Waals surface area (Å²) in [6.45, 7) is 0. The van der Waals surface area contributed by atoms with Crippen LogP contribution in [0.2, 0.25) is 5.02 Å². The van der Waals surface area contributed by atoms with E-state index >= 15 is 0 Å². The molecule has 0 spiro atoms. The number of phenolic OH excluding ortho intramolecular Hbond substituents is 1. The maximum atomic E-state index is 12.9. The minimum atomic E-state index is -0.512. The molecule has 0 aliphatic heterocycles. The van der Waals surface area contributed by atoms with Gasteiger partial charge in [0.1, 0.15) is 11.6 Å². The lowest BCUT2D eigenvalue weighted by molar-refractivity contribution is 0.102. The summed E-state index contributed by atoms with van der Waals surface area (Å²) in [6, 6.07) is 9.54. The molecule has 0 fully saturated rings. The largest absolute Gasteiger partial charge is 0.508 e. The van der Waals surface area contributed by atoms with Crippen molar-refractivity contribution in [3.05, 3.63) is 58.9 Å². The van der Waals surface area contributed by atoms with Crippen LogP contribution in [0.1, 0.15) is 10.4 Å². The monoisotopic (exact) mass is 265 g/mol. The Labute approximate surface area is 108 Å². The number of nitrogens with one attached hydrogen (secondary N) is 1. The number of rotatable bonds is 2. The van der Waals surface area contributed by atoms with Crippen LogP contribution in [-0.2, 0) is 0 Å². The van der Waals surface area contributed by atoms with Crippen molar-refractivity contribution >= 4 is 23.2 Å². The Morgan fingerprint density at radius 3 is 2.72 bits per heavy atom. The van der Waals surface area contributed by atoms with Crippen LogP contribution in [0.25, 0.3) is 0 Å². The molecule has 0 saturated carbocycles. The first-order chi connectivity index (χ1) is 8.56. The molecule has 0 aliphatic carbocycles. The molecule has 2 aromatic carbocycles. The van der Waals surface area contributed by atoms with Crippen molar-refractivity contribution in [2.24, 2.45) is 0 Å². The lowest BCUT2D eigenvalue weighted by Crippen LogP contribution is -2.12. The van der Waals surface area contributed by atoms with Gasteiger partial charge in [-0.25, -0.2) is 4.39 Å². The highest BCUT2D eigenvalue weighted by Crippen LogP contribution is 2.22. The molecule has 0 atom stereocenters. The third-order valence-corrected chi connectivity index (χ3v) is 2.61. The lowest BCUT2D eigenvalue weighted by Gasteiger charge is -2.07. The predicted molar refractivity (Wildman–Crippen MR) is 67.5 cm³/mol. The number of phenols is 1. The van der Waals surface area contributed by atoms with E-state index in [0.29, 0.717) is 5.69 Å². The molecule has 2 N–H and O–H groups in total. The number of benzene rings is 2. The molecule has 0 heterocycles. The molecule has 1 amide bonds. The average molecular weight is 266 g/mol. The Balaban J connectivity index is 2.24. The van der Waals surface area contributed by atoms with Crippen LogP contribution in [0.15, 0.2) is 42.5 Å². The molecule has 0 aromatic heterocycles. The third kappa shape index (κ3) is 2.78. The summed E-state index contributed by atoms with van der Waals surface area (Å²) >= 11 is 5.84. The van der Waals surface area contributed by atoms with Crippen molar-refractivity contribution in [3.63, 3.8) is 0 Å². The highest BCUT2D eigenvalue weighted by atomic mass is 35.5. The number of anilines is 1. The summed E-state index contributed by atoms with van der Waals surface area (Å²) in [6.07, 6.45) is 0. The van der Waals surface area contributed by atoms with Gasteiger partial charge < -0.3 is 10.4 Å². The van der Waals surface area contributed by atoms with E-state index in [0.717, 1.165) is 0 Å². The Morgan fingerprint density at radius 2 is 2.00 bits per heavy atom. The summed E-state index contributed by atoms with van der Waals surface area (Å²) in [5, 5.41) is 12.0. The minimum absolute atomic E-state index is 0.0659. The first-order valence-corrected chi connectivity index (χ1v) is 5.49. The maximum Gasteiger partial charge on any atom is 0.257 e. The third-order valence-electron chi connectivity index (χ3n) is 2.28. The molecule has 0 radical (unpaired) electrons. The second-order valence-corrected chi connectivity index (χ2v) is 4.04. The van der Waals surface area contributed by atoms with Crippen LogP contribution in [-0.4, -0.2) is 11.0 Å². The average Bonchev–Trinajstić information content (AvgIpc) is 2.32. The van der Waals surface area contributed by atoms with Crippen molar-refractivity contribution in [2.45, 2.75) is 0 Å². The fraction of sp³-hybridized carbons (Fsp3) is 0. The van der Waals surface area contributed by atoms with Crippen molar-refractivity contribution < 1.29 is 14.3 Å². The van der Waals surface area contributed by atoms with Crippen LogP contribution in [0, 0.1) is 5.82 Å². The number of carbonyl (C=O) groups excluding carboxylic acids is 1. The number of aromatic hydroxyl groups is 1. The van der Waals surface area contributed by atoms with Gasteiger partial charge in [0.05, 0.1) is 10.6 Å². The van der Waals surface area contributed by atoms with E-state index < -0.39 is 11.7 Å². The zero-order valence-corrected chi connectivity index (χ0v) is 9.91. The predicted octanol–water partition coefficient (Wildman–Crippen LogP) is 3.44. The van der Waals surface area contributed by atoms with Gasteiger partial charge in [-0.3, -0.25) is 4.79 Å². The molecule has 0 unspecified atom stereocenters. The summed E-state index contributed by atoms with van der Waals surface area (Å²) in [5.74, 6) is -1.03. The van der Waals surface area contributed by atoms with Crippen LogP contribution in [0.3, 0.4) is 0 Å². The first-order valence-electron chi connectivity index (χ1n) is 5.12. The van der Waals surface area contributed by atoms with Crippen LogP contribution >= 0.6 is 11.6 Å². The van der Waals surface area contributed by atoms with E-state index in [2.05, 4.69) is 5.32 Å². The van der Waals surface area contributed by atoms with Crippen molar-refractivity contribution in [3.8, 4) is 5.75 Å². The Hall–Kier alpha value is -2.07. The Bertz CT molecular complexity index is 601. The highest BCUT2D eigenvalue weighted by molar-refractivity contribution is 6.34. The van der Waals surface area contributed by atoms with E-state index in [1.165, 1.54) is 36.4 Å². The van der Waals surface area contributed by atoms with Gasteiger partial charge in [0.15, 0.2) is 0 Å². The van der Waals surface area contributed by atoms with E-state index in [-0.39, 0.29) is 16.3 Å². The molecule has 2 aromatic rings. The van der Waals surface area contributed by atoms with Gasteiger partial charge in [0, 0.05) is 5.69 Å². The standard InChI is InChI=1S/C13H9ClFNO2/c14-12-5-4-10(17)7-11(12)13(18)16-9-3-1-2-8(15)6-9/h1-7,17H,(H,16,18). The van der Waals surface area contributed by atoms with Gasteiger partial charge in [-0.05, 0) is 36.4 Å². The van der Waals surface area contributed by atoms with Crippen LogP contribution in [0.4, 0.5) is 10.1 Å². The highest BCUT2D eigenvalue weighted by Gasteiger charge is 2.11. The quantitative estimate of drug-likeness (QED) is 0.874. The van der Waals surface area contributed by atoms with E-state index in [1.807, 2.05) is 0 Å². The number of halogens is 2. The molecule has 2 rings (SSSR count). The first kappa shape index (κ1) is 12.4. The number of hydrogen-bond acceptors (Lipinski definition) is 2. The molecular weight excluding hydrogens is 257 g/mol. The zero-order chi connectivity index (χ0) is 13.1. The summed E-state index contributed by atoms with van der Waals surface area (Å²) < 4.78 is 12.9. The van der Waals surface area contributed by atoms with Crippen molar-refractivity contribution in [2.75, 3.05) is 5.32 Å². The van der Waals surface area contributed by atoms with E-state index in [4.69, 9.17) is 11.6 Å². The van der Waals surface area contributed by atoms with E-state index in [9.17, 15) is 14.3 Å². The fourth-order valence-electron chi connectivity index (χ4n) is 1.45. The topological polar surface area (TPSA) is 49.3 Å². The maximum absolute atomic E-state index is 12.9. The molecule has 0 bridgehead atoms. The fourth-order valence-corrected chi connectivity index (χ4v) is 1.66. The summed E-state index contributed by atoms with van der Waals surface area (Å²) in [5.41, 5.74) is 0.445. The summed E-state index contributed by atoms with van der Waals surface area (Å²) in [7, 11) is 0. The van der Waals surface area contributed by atoms with Gasteiger partial charge >= 0.3 is 0 Å². The zero-order valence-electron chi connectivity index (χ0n) is 9.15. The number of amides is 1. The second-order valence-electron chi connectivity index (χ2n) is 3.63. The molecular formula is C13H9ClFNO2. The number of carbonyl (C=O) groups is 1. The smallest absolute Gasteiger partial charge is 0.257 e. The molecule has 0 saturated heterocycles. The Kier molecular flexibility index (Phi) is 3.48. The second kappa shape index (κ2) is 5.06. The van der Waals surface area contributed by atoms with Crippen LogP contribution < -0.4 is 5.32 Å². The van der Waals surface area contributed by atoms with Gasteiger partial charge in [-0.2, -0.15) is 0 Å². The Morgan fingerprint density at radius 1 is 1.22 bits per heavy atom.